The summed E-state index contributed by atoms with van der Waals surface area (Å²) in [6.07, 6.45) is 0.470. The number of ether oxygens (including phenoxy) is 2. The largest absolute Gasteiger partial charge is 0.534 e. The number of benzene rings is 5. The molecular weight excluding hydrogens is 1500 g/mol. The Morgan fingerprint density at radius 2 is 0.724 bits per heavy atom. The number of fused-ring (bicyclic) bond motifs is 4. The van der Waals surface area contributed by atoms with Gasteiger partial charge in [-0.25, -0.2) is 9.59 Å². The number of halogens is 12. The van der Waals surface area contributed by atoms with Crippen LogP contribution >= 0.6 is 47.1 Å². The van der Waals surface area contributed by atoms with Crippen molar-refractivity contribution in [1.82, 2.24) is 0 Å². The monoisotopic (exact) mass is 1560 g/mol. The van der Waals surface area contributed by atoms with E-state index >= 15 is 0 Å². The molecule has 0 radical (unpaired) electrons. The highest BCUT2D eigenvalue weighted by atomic mass is 32.2. The van der Waals surface area contributed by atoms with E-state index in [0.29, 0.717) is 84.2 Å². The van der Waals surface area contributed by atoms with Crippen molar-refractivity contribution in [2.45, 2.75) is 180 Å². The van der Waals surface area contributed by atoms with Crippen molar-refractivity contribution < 1.29 is 132 Å². The van der Waals surface area contributed by atoms with Crippen LogP contribution in [-0.4, -0.2) is 76.5 Å². The van der Waals surface area contributed by atoms with Crippen molar-refractivity contribution in [3.8, 4) is 46.0 Å². The van der Waals surface area contributed by atoms with Gasteiger partial charge in [0.25, 0.3) is 0 Å². The average molecular weight is 1560 g/mol. The summed E-state index contributed by atoms with van der Waals surface area (Å²) < 4.78 is 279. The van der Waals surface area contributed by atoms with Gasteiger partial charge < -0.3 is 45.3 Å². The lowest BCUT2D eigenvalue weighted by molar-refractivity contribution is -0.0505. The summed E-state index contributed by atoms with van der Waals surface area (Å²) in [5.74, 6) is -0.287. The van der Waals surface area contributed by atoms with Gasteiger partial charge in [0.1, 0.15) is 45.8 Å². The highest BCUT2D eigenvalue weighted by Crippen LogP contribution is 2.55. The third kappa shape index (κ3) is 16.6. The van der Waals surface area contributed by atoms with Crippen LogP contribution in [-0.2, 0) is 46.9 Å². The van der Waals surface area contributed by atoms with Gasteiger partial charge in [0.15, 0.2) is 21.8 Å². The normalized spacial score (nSPS) is 14.4. The number of thiol groups is 1. The maximum absolute atomic E-state index is 12.5. The molecule has 0 atom stereocenters. The predicted molar refractivity (Wildman–Crippen MR) is 343 cm³/mol. The van der Waals surface area contributed by atoms with Gasteiger partial charge in [-0.1, -0.05) is 34.4 Å². The molecule has 0 saturated heterocycles. The van der Waals surface area contributed by atoms with Crippen molar-refractivity contribution in [3.63, 3.8) is 0 Å². The van der Waals surface area contributed by atoms with Crippen LogP contribution in [0.5, 0.6) is 46.0 Å². The first-order valence-corrected chi connectivity index (χ1v) is 36.1. The van der Waals surface area contributed by atoms with Crippen LogP contribution in [0.1, 0.15) is 117 Å². The van der Waals surface area contributed by atoms with E-state index in [2.05, 4.69) is 29.4 Å². The number of hydrogen-bond donors (Lipinski definition) is 3. The summed E-state index contributed by atoms with van der Waals surface area (Å²) >= 11 is 6.93. The van der Waals surface area contributed by atoms with E-state index in [1.54, 1.807) is 20.8 Å². The highest BCUT2D eigenvalue weighted by Gasteiger charge is 2.52. The van der Waals surface area contributed by atoms with Gasteiger partial charge in [0, 0.05) is 45.4 Å². The van der Waals surface area contributed by atoms with Gasteiger partial charge in [-0.3, -0.25) is 0 Å². The Kier molecular flexibility index (Phi) is 23.3. The molecule has 4 heterocycles. The van der Waals surface area contributed by atoms with E-state index in [-0.39, 0.29) is 70.9 Å². The molecule has 0 saturated carbocycles. The first-order valence-electron chi connectivity index (χ1n) is 27.5. The molecule has 2 aromatic heterocycles. The standard InChI is InChI=1S/C14H17F3O4S.C13H15F3O4S2.C11H9F3O5S2.C10H11F3O4S2.C10H10O3S/c1-7-8(2)12-10(6-13(4,5)20-12)9(3)11(7)21-22(18,19)14(15,16)17;1-6-7(2)10-11(21-12(4,5)19-10)8(3)9(6)20-22(17,18)13(14,15)16;1-4-5(2)8-9(20-10(15)18-8)6(3)7(4)19-21(16,17)11(12,13)14;1-4-5(2)8(6(3)9(18)7(4)14)17-19(15,16)10(11,12)13;1-4-5(2)8-9(6(3)7(4)11)14-10(12)13-8/h6H2,1-5H3;1-5H3;1-3H3;14,18H,1-3H3;11H,1-3H3. The molecule has 2 aliphatic heterocycles. The zero-order chi connectivity index (χ0) is 76.0. The summed E-state index contributed by atoms with van der Waals surface area (Å²) in [5, 5.41) is 19.4. The number of phenols is 2. The van der Waals surface area contributed by atoms with Crippen molar-refractivity contribution in [1.29, 1.82) is 0 Å². The lowest BCUT2D eigenvalue weighted by Crippen LogP contribution is -2.28. The molecule has 0 unspecified atom stereocenters. The Labute approximate surface area is 571 Å². The maximum Gasteiger partial charge on any atom is 0.534 e. The van der Waals surface area contributed by atoms with Gasteiger partial charge >= 0.3 is 72.4 Å². The first-order chi connectivity index (χ1) is 43.9. The van der Waals surface area contributed by atoms with E-state index in [1.165, 1.54) is 81.0 Å². The fraction of sp³-hybridized carbons (Fsp3) is 0.448. The Hall–Kier alpha value is -6.46. The highest BCUT2D eigenvalue weighted by molar-refractivity contribution is 8.01. The first kappa shape index (κ1) is 82.2. The zero-order valence-electron chi connectivity index (χ0n) is 54.8. The van der Waals surface area contributed by atoms with Crippen molar-refractivity contribution in [3.05, 3.63) is 108 Å². The number of thioether (sulfide) groups is 1. The minimum atomic E-state index is -5.78. The molecule has 546 valence electrons. The topological polar surface area (TPSA) is 293 Å². The molecule has 40 heteroatoms. The molecule has 0 aliphatic carbocycles. The number of phenolic OH excluding ortho intramolecular Hbond substituents is 2. The van der Waals surface area contributed by atoms with Gasteiger partial charge in [-0.05, 0) is 182 Å². The van der Waals surface area contributed by atoms with Crippen LogP contribution in [0.2, 0.25) is 0 Å². The molecule has 98 heavy (non-hydrogen) atoms. The SMILES string of the molecule is Cc1c(C)c(OS(=O)(=O)C(F)(F)F)c(C)c(S)c1O.Cc1c(C)c2c(c(C)c1OS(=O)(=O)C(F)(F)F)CC(C)(C)O2.Cc1c(C)c2c(c(C)c1OS(=O)(=O)C(F)(F)F)SC(C)(C)O2.Cc1c(O)c(C)c2sc(=O)oc2c1C.Cc1c(OS(=O)(=O)C(F)(F)F)c(C)c2sc(=O)oc2c1C. The van der Waals surface area contributed by atoms with E-state index < -0.39 is 89.5 Å². The predicted octanol–water partition coefficient (Wildman–Crippen LogP) is 15.9. The second-order valence-corrected chi connectivity index (χ2v) is 33.1. The van der Waals surface area contributed by atoms with Crippen LogP contribution in [0.3, 0.4) is 0 Å². The zero-order valence-corrected chi connectivity index (χ0v) is 61.4. The molecular formula is C58H62F12O20S8. The fourth-order valence-electron chi connectivity index (χ4n) is 9.30. The van der Waals surface area contributed by atoms with Crippen LogP contribution in [0.4, 0.5) is 52.7 Å². The average Bonchev–Trinajstić information content (AvgIpc) is 1.53. The quantitative estimate of drug-likeness (QED) is 0.0551. The number of aryl methyl sites for hydroxylation is 4. The molecule has 0 spiro atoms. The Bertz CT molecular complexity index is 4760. The molecule has 0 fully saturated rings. The smallest absolute Gasteiger partial charge is 0.507 e. The second kappa shape index (κ2) is 27.8. The molecule has 20 nitrogen and oxygen atoms in total. The molecule has 5 aromatic carbocycles. The van der Waals surface area contributed by atoms with Crippen LogP contribution < -0.4 is 36.1 Å². The van der Waals surface area contributed by atoms with Crippen molar-refractivity contribution >= 4 is 108 Å². The number of rotatable bonds is 8. The number of alkyl halides is 12. The molecule has 9 rings (SSSR count). The van der Waals surface area contributed by atoms with Crippen molar-refractivity contribution in [2.75, 3.05) is 0 Å². The molecule has 2 N–H and O–H groups in total. The molecule has 0 bridgehead atoms. The van der Waals surface area contributed by atoms with Crippen molar-refractivity contribution in [2.24, 2.45) is 0 Å². The fourth-order valence-corrected chi connectivity index (χ4v) is 14.6. The van der Waals surface area contributed by atoms with Crippen LogP contribution in [0.15, 0.2) is 28.2 Å². The molecule has 0 amide bonds. The van der Waals surface area contributed by atoms with Gasteiger partial charge in [-0.2, -0.15) is 86.4 Å². The Morgan fingerprint density at radius 1 is 0.408 bits per heavy atom. The molecule has 2 aliphatic rings. The maximum atomic E-state index is 12.5. The van der Waals surface area contributed by atoms with Crippen LogP contribution in [0, 0.1) is 104 Å². The molecule has 7 aromatic rings. The lowest BCUT2D eigenvalue weighted by atomic mass is 9.93. The number of aromatic hydroxyl groups is 2. The summed E-state index contributed by atoms with van der Waals surface area (Å²) in [6.45, 7) is 30.5. The van der Waals surface area contributed by atoms with Crippen LogP contribution in [0.25, 0.3) is 20.6 Å². The Balaban J connectivity index is 0.000000223. The lowest BCUT2D eigenvalue weighted by Gasteiger charge is -2.19. The minimum Gasteiger partial charge on any atom is -0.507 e. The summed E-state index contributed by atoms with van der Waals surface area (Å²) in [5.41, 5.74) is -15.3. The summed E-state index contributed by atoms with van der Waals surface area (Å²) in [4.78, 5) is 21.4. The minimum absolute atomic E-state index is 0.0109. The third-order valence-electron chi connectivity index (χ3n) is 15.2. The van der Waals surface area contributed by atoms with Gasteiger partial charge in [0.05, 0.1) is 19.2 Å². The summed E-state index contributed by atoms with van der Waals surface area (Å²) in [6, 6.07) is 0. The van der Waals surface area contributed by atoms with E-state index in [4.69, 9.17) is 18.3 Å². The second-order valence-electron chi connectivity index (χ2n) is 23.0. The van der Waals surface area contributed by atoms with Gasteiger partial charge in [0.2, 0.25) is 0 Å². The van der Waals surface area contributed by atoms with Gasteiger partial charge in [-0.15, -0.1) is 12.6 Å². The summed E-state index contributed by atoms with van der Waals surface area (Å²) in [7, 11) is -22.9. The van der Waals surface area contributed by atoms with E-state index in [0.717, 1.165) is 32.7 Å². The third-order valence-corrected chi connectivity index (χ3v) is 22.8. The number of hydrogen-bond acceptors (Lipinski definition) is 24. The van der Waals surface area contributed by atoms with E-state index in [1.807, 2.05) is 41.5 Å². The Morgan fingerprint density at radius 3 is 1.12 bits per heavy atom. The van der Waals surface area contributed by atoms with E-state index in [9.17, 15) is 106 Å².